The normalized spacial score (nSPS) is 13.6. The number of aliphatic hydroxyl groups is 1. The monoisotopic (exact) mass is 398 g/mol. The Morgan fingerprint density at radius 1 is 1.24 bits per heavy atom. The topological polar surface area (TPSA) is 87.6 Å². The van der Waals surface area contributed by atoms with Gasteiger partial charge in [0.05, 0.1) is 6.61 Å². The fraction of sp³-hybridized carbons (Fsp3) is 0.500. The molecule has 3 rings (SSSR count). The molecule has 0 spiro atoms. The Labute approximate surface area is 172 Å². The van der Waals surface area contributed by atoms with E-state index in [4.69, 9.17) is 9.84 Å². The number of hydrogen-bond acceptors (Lipinski definition) is 6. The van der Waals surface area contributed by atoms with E-state index in [9.17, 15) is 4.79 Å². The smallest absolute Gasteiger partial charge is 0.227 e. The number of ether oxygens (including phenoxy) is 1. The predicted molar refractivity (Wildman–Crippen MR) is 113 cm³/mol. The first-order valence-electron chi connectivity index (χ1n) is 10.2. The number of aliphatic hydroxyl groups excluding tert-OH is 1. The molecule has 1 amide bonds. The van der Waals surface area contributed by atoms with Crippen LogP contribution in [0.5, 0.6) is 5.75 Å². The number of nitrogens with zero attached hydrogens (tertiary/aromatic N) is 3. The molecular weight excluding hydrogens is 368 g/mol. The standard InChI is InChI=1S/C22H30N4O3/c1-4-26(9-11-27)10-12-29-20-8-7-18(25-22(28)17-5-6-17)13-19(20)21-15(2)23-14-24-16(21)3/h7-8,13-14,17,27H,4-6,9-12H2,1-3H3,(H,25,28). The largest absolute Gasteiger partial charge is 0.492 e. The van der Waals surface area contributed by atoms with Crippen LogP contribution in [-0.4, -0.2) is 58.7 Å². The molecule has 2 N–H and O–H groups in total. The second-order valence-electron chi connectivity index (χ2n) is 7.40. The molecule has 29 heavy (non-hydrogen) atoms. The first-order chi connectivity index (χ1) is 14.0. The molecule has 1 aromatic carbocycles. The molecule has 7 heteroatoms. The zero-order chi connectivity index (χ0) is 20.8. The van der Waals surface area contributed by atoms with E-state index in [0.29, 0.717) is 13.2 Å². The van der Waals surface area contributed by atoms with Crippen molar-refractivity contribution in [1.82, 2.24) is 14.9 Å². The second-order valence-corrected chi connectivity index (χ2v) is 7.40. The van der Waals surface area contributed by atoms with Crippen LogP contribution in [0, 0.1) is 19.8 Å². The van der Waals surface area contributed by atoms with E-state index in [0.717, 1.165) is 59.9 Å². The van der Waals surface area contributed by atoms with Crippen LogP contribution in [0.3, 0.4) is 0 Å². The Balaban J connectivity index is 1.85. The summed E-state index contributed by atoms with van der Waals surface area (Å²) in [6, 6.07) is 5.71. The fourth-order valence-electron chi connectivity index (χ4n) is 3.36. The zero-order valence-electron chi connectivity index (χ0n) is 17.4. The molecule has 1 aliphatic carbocycles. The van der Waals surface area contributed by atoms with E-state index in [1.807, 2.05) is 32.0 Å². The van der Waals surface area contributed by atoms with E-state index in [-0.39, 0.29) is 18.4 Å². The number of benzene rings is 1. The second kappa shape index (κ2) is 9.80. The van der Waals surface area contributed by atoms with Crippen LogP contribution in [0.2, 0.25) is 0 Å². The first kappa shape index (κ1) is 21.2. The lowest BCUT2D eigenvalue weighted by atomic mass is 10.0. The Morgan fingerprint density at radius 2 is 1.97 bits per heavy atom. The van der Waals surface area contributed by atoms with Crippen molar-refractivity contribution in [1.29, 1.82) is 0 Å². The number of carbonyl (C=O) groups is 1. The molecule has 1 aliphatic rings. The van der Waals surface area contributed by atoms with Gasteiger partial charge in [-0.2, -0.15) is 0 Å². The highest BCUT2D eigenvalue weighted by Crippen LogP contribution is 2.36. The van der Waals surface area contributed by atoms with Crippen LogP contribution in [0.1, 0.15) is 31.2 Å². The van der Waals surface area contributed by atoms with E-state index >= 15 is 0 Å². The van der Waals surface area contributed by atoms with Crippen molar-refractivity contribution in [2.75, 3.05) is 38.2 Å². The Morgan fingerprint density at radius 3 is 2.59 bits per heavy atom. The quantitative estimate of drug-likeness (QED) is 0.640. The molecule has 0 atom stereocenters. The third-order valence-electron chi connectivity index (χ3n) is 5.22. The number of likely N-dealkylation sites (N-methyl/N-ethyl adjacent to an activating group) is 1. The molecule has 156 valence electrons. The maximum absolute atomic E-state index is 12.2. The third kappa shape index (κ3) is 5.52. The van der Waals surface area contributed by atoms with Gasteiger partial charge < -0.3 is 15.2 Å². The number of hydrogen-bond donors (Lipinski definition) is 2. The minimum absolute atomic E-state index is 0.0740. The molecule has 1 heterocycles. The average molecular weight is 399 g/mol. The molecule has 0 saturated heterocycles. The minimum atomic E-state index is 0.0740. The summed E-state index contributed by atoms with van der Waals surface area (Å²) in [5.74, 6) is 0.949. The maximum atomic E-state index is 12.2. The van der Waals surface area contributed by atoms with E-state index < -0.39 is 0 Å². The highest BCUT2D eigenvalue weighted by atomic mass is 16.5. The van der Waals surface area contributed by atoms with Gasteiger partial charge in [0, 0.05) is 47.2 Å². The van der Waals surface area contributed by atoms with Crippen LogP contribution >= 0.6 is 0 Å². The summed E-state index contributed by atoms with van der Waals surface area (Å²) >= 11 is 0. The van der Waals surface area contributed by atoms with Crippen LogP contribution in [0.4, 0.5) is 5.69 Å². The Kier molecular flexibility index (Phi) is 7.17. The van der Waals surface area contributed by atoms with Crippen LogP contribution in [-0.2, 0) is 4.79 Å². The molecule has 0 radical (unpaired) electrons. The van der Waals surface area contributed by atoms with Crippen LogP contribution in [0.15, 0.2) is 24.5 Å². The van der Waals surface area contributed by atoms with Gasteiger partial charge in [-0.15, -0.1) is 0 Å². The number of anilines is 1. The van der Waals surface area contributed by atoms with Gasteiger partial charge in [-0.3, -0.25) is 9.69 Å². The Hall–Kier alpha value is -2.51. The highest BCUT2D eigenvalue weighted by Gasteiger charge is 2.29. The van der Waals surface area contributed by atoms with Crippen molar-refractivity contribution in [3.8, 4) is 16.9 Å². The molecule has 0 aliphatic heterocycles. The number of carbonyl (C=O) groups excluding carboxylic acids is 1. The summed E-state index contributed by atoms with van der Waals surface area (Å²) in [4.78, 5) is 23.0. The van der Waals surface area contributed by atoms with Crippen molar-refractivity contribution < 1.29 is 14.6 Å². The van der Waals surface area contributed by atoms with E-state index in [1.165, 1.54) is 0 Å². The van der Waals surface area contributed by atoms with Gasteiger partial charge in [0.1, 0.15) is 18.7 Å². The lowest BCUT2D eigenvalue weighted by Gasteiger charge is -2.20. The SMILES string of the molecule is CCN(CCO)CCOc1ccc(NC(=O)C2CC2)cc1-c1c(C)ncnc1C. The Bertz CT molecular complexity index is 832. The third-order valence-corrected chi connectivity index (χ3v) is 5.22. The van der Waals surface area contributed by atoms with Crippen molar-refractivity contribution >= 4 is 11.6 Å². The molecule has 1 fully saturated rings. The fourth-order valence-corrected chi connectivity index (χ4v) is 3.36. The highest BCUT2D eigenvalue weighted by molar-refractivity contribution is 5.95. The molecule has 0 bridgehead atoms. The summed E-state index contributed by atoms with van der Waals surface area (Å²) < 4.78 is 6.11. The van der Waals surface area contributed by atoms with Crippen LogP contribution in [0.25, 0.3) is 11.1 Å². The molecule has 0 unspecified atom stereocenters. The average Bonchev–Trinajstić information content (AvgIpc) is 3.54. The lowest BCUT2D eigenvalue weighted by Crippen LogP contribution is -2.30. The van der Waals surface area contributed by atoms with Crippen molar-refractivity contribution in [2.45, 2.75) is 33.6 Å². The number of aromatic nitrogens is 2. The molecule has 1 saturated carbocycles. The van der Waals surface area contributed by atoms with Gasteiger partial charge in [0.2, 0.25) is 5.91 Å². The van der Waals surface area contributed by atoms with E-state index in [1.54, 1.807) is 6.33 Å². The molecule has 7 nitrogen and oxygen atoms in total. The predicted octanol–water partition coefficient (Wildman–Crippen LogP) is 2.80. The van der Waals surface area contributed by atoms with Crippen LogP contribution < -0.4 is 10.1 Å². The van der Waals surface area contributed by atoms with Crippen molar-refractivity contribution in [2.24, 2.45) is 5.92 Å². The molecule has 1 aromatic heterocycles. The van der Waals surface area contributed by atoms with Crippen molar-refractivity contribution in [3.05, 3.63) is 35.9 Å². The number of nitrogens with one attached hydrogen (secondary N) is 1. The maximum Gasteiger partial charge on any atom is 0.227 e. The summed E-state index contributed by atoms with van der Waals surface area (Å²) in [7, 11) is 0. The van der Waals surface area contributed by atoms with Gasteiger partial charge in [0.25, 0.3) is 0 Å². The van der Waals surface area contributed by atoms with Gasteiger partial charge in [0.15, 0.2) is 0 Å². The van der Waals surface area contributed by atoms with Gasteiger partial charge in [-0.25, -0.2) is 9.97 Å². The van der Waals surface area contributed by atoms with Gasteiger partial charge in [-0.1, -0.05) is 6.92 Å². The van der Waals surface area contributed by atoms with Gasteiger partial charge >= 0.3 is 0 Å². The van der Waals surface area contributed by atoms with Crippen molar-refractivity contribution in [3.63, 3.8) is 0 Å². The summed E-state index contributed by atoms with van der Waals surface area (Å²) in [6.07, 6.45) is 3.49. The molecular formula is C22H30N4O3. The first-order valence-corrected chi connectivity index (χ1v) is 10.2. The minimum Gasteiger partial charge on any atom is -0.492 e. The lowest BCUT2D eigenvalue weighted by molar-refractivity contribution is -0.117. The number of amides is 1. The van der Waals surface area contributed by atoms with Gasteiger partial charge in [-0.05, 0) is 51.4 Å². The zero-order valence-corrected chi connectivity index (χ0v) is 17.4. The number of rotatable bonds is 10. The van der Waals surface area contributed by atoms with E-state index in [2.05, 4.69) is 27.1 Å². The molecule has 2 aromatic rings. The summed E-state index contributed by atoms with van der Waals surface area (Å²) in [5, 5.41) is 12.2. The summed E-state index contributed by atoms with van der Waals surface area (Å²) in [6.45, 7) is 8.80. The number of aryl methyl sites for hydroxylation is 2. The summed E-state index contributed by atoms with van der Waals surface area (Å²) in [5.41, 5.74) is 4.28.